The highest BCUT2D eigenvalue weighted by molar-refractivity contribution is 5.70. The molecule has 0 aliphatic carbocycles. The van der Waals surface area contributed by atoms with Gasteiger partial charge in [-0.2, -0.15) is 0 Å². The van der Waals surface area contributed by atoms with Crippen molar-refractivity contribution in [3.05, 3.63) is 16.7 Å². The highest BCUT2D eigenvalue weighted by atomic mass is 16.7. The first kappa shape index (κ1) is 16.1. The number of benzene rings is 1. The molecule has 0 unspecified atom stereocenters. The maximum Gasteiger partial charge on any atom is 0.511 e. The van der Waals surface area contributed by atoms with E-state index in [4.69, 9.17) is 14.6 Å². The van der Waals surface area contributed by atoms with E-state index < -0.39 is 6.16 Å². The van der Waals surface area contributed by atoms with Crippen molar-refractivity contribution in [1.82, 2.24) is 0 Å². The minimum absolute atomic E-state index is 0.0924. The van der Waals surface area contributed by atoms with E-state index in [1.807, 2.05) is 20.8 Å². The largest absolute Gasteiger partial charge is 0.511 e. The molecule has 0 amide bonds. The number of carboxylic acid groups (broad SMARTS) is 1. The van der Waals surface area contributed by atoms with Gasteiger partial charge < -0.3 is 19.7 Å². The molecule has 2 N–H and O–H groups in total. The van der Waals surface area contributed by atoms with Gasteiger partial charge in [0.05, 0.1) is 6.61 Å². The summed E-state index contributed by atoms with van der Waals surface area (Å²) in [6.07, 6.45) is 0.564. The van der Waals surface area contributed by atoms with E-state index >= 15 is 0 Å². The first-order valence-corrected chi connectivity index (χ1v) is 6.94. The van der Waals surface area contributed by atoms with Crippen molar-refractivity contribution in [3.63, 3.8) is 0 Å². The average molecular weight is 282 g/mol. The van der Waals surface area contributed by atoms with Crippen LogP contribution in [0.15, 0.2) is 0 Å². The second-order valence-electron chi connectivity index (χ2n) is 4.30. The zero-order valence-electron chi connectivity index (χ0n) is 12.4. The van der Waals surface area contributed by atoms with Crippen LogP contribution >= 0.6 is 0 Å². The molecule has 5 heteroatoms. The van der Waals surface area contributed by atoms with E-state index in [-0.39, 0.29) is 11.5 Å². The van der Waals surface area contributed by atoms with E-state index in [1.165, 1.54) is 0 Å². The summed E-state index contributed by atoms with van der Waals surface area (Å²) in [5.41, 5.74) is 2.64. The zero-order valence-corrected chi connectivity index (χ0v) is 12.4. The molecule has 0 aromatic heterocycles. The smallest absolute Gasteiger partial charge is 0.504 e. The van der Waals surface area contributed by atoms with Crippen LogP contribution in [-0.2, 0) is 19.3 Å². The van der Waals surface area contributed by atoms with E-state index in [0.29, 0.717) is 25.2 Å². The maximum absolute atomic E-state index is 10.8. The quantitative estimate of drug-likeness (QED) is 0.616. The Bertz CT molecular complexity index is 494. The Kier molecular flexibility index (Phi) is 5.67. The molecule has 0 saturated heterocycles. The van der Waals surface area contributed by atoms with E-state index in [9.17, 15) is 9.90 Å². The summed E-state index contributed by atoms with van der Waals surface area (Å²) in [7, 11) is 0. The van der Waals surface area contributed by atoms with Crippen LogP contribution in [0, 0.1) is 0 Å². The van der Waals surface area contributed by atoms with Gasteiger partial charge >= 0.3 is 6.16 Å². The summed E-state index contributed by atoms with van der Waals surface area (Å²) in [6.45, 7) is 8.06. The normalized spacial score (nSPS) is 10.4. The average Bonchev–Trinajstić information content (AvgIpc) is 2.42. The second-order valence-corrected chi connectivity index (χ2v) is 4.30. The van der Waals surface area contributed by atoms with E-state index in [1.54, 1.807) is 6.92 Å². The molecule has 0 aliphatic heterocycles. The number of aromatic hydroxyl groups is 1. The van der Waals surface area contributed by atoms with Crippen LogP contribution in [0.2, 0.25) is 0 Å². The zero-order chi connectivity index (χ0) is 15.3. The Balaban J connectivity index is 3.65. The maximum atomic E-state index is 10.8. The van der Waals surface area contributed by atoms with Crippen molar-refractivity contribution in [2.75, 3.05) is 6.61 Å². The lowest BCUT2D eigenvalue weighted by atomic mass is 9.93. The van der Waals surface area contributed by atoms with Crippen LogP contribution < -0.4 is 9.47 Å². The number of phenols is 1. The minimum atomic E-state index is -1.46. The third-order valence-electron chi connectivity index (χ3n) is 3.25. The van der Waals surface area contributed by atoms with Gasteiger partial charge in [-0.05, 0) is 31.7 Å². The molecular formula is C15H22O5. The Labute approximate surface area is 119 Å². The highest BCUT2D eigenvalue weighted by Crippen LogP contribution is 2.45. The third-order valence-corrected chi connectivity index (χ3v) is 3.25. The van der Waals surface area contributed by atoms with Crippen molar-refractivity contribution in [2.24, 2.45) is 0 Å². The van der Waals surface area contributed by atoms with Gasteiger partial charge in [-0.15, -0.1) is 0 Å². The molecule has 0 aliphatic rings. The topological polar surface area (TPSA) is 76.0 Å². The van der Waals surface area contributed by atoms with Gasteiger partial charge in [0.1, 0.15) is 0 Å². The lowest BCUT2D eigenvalue weighted by Gasteiger charge is -2.21. The summed E-state index contributed by atoms with van der Waals surface area (Å²) >= 11 is 0. The lowest BCUT2D eigenvalue weighted by Crippen LogP contribution is -2.10. The molecular weight excluding hydrogens is 260 g/mol. The molecule has 5 nitrogen and oxygen atoms in total. The van der Waals surface area contributed by atoms with Crippen molar-refractivity contribution >= 4 is 6.16 Å². The predicted octanol–water partition coefficient (Wildman–Crippen LogP) is 3.53. The molecule has 20 heavy (non-hydrogen) atoms. The van der Waals surface area contributed by atoms with Crippen molar-refractivity contribution in [2.45, 2.75) is 47.0 Å². The molecule has 1 rings (SSSR count). The van der Waals surface area contributed by atoms with Crippen LogP contribution in [0.4, 0.5) is 4.79 Å². The molecule has 0 heterocycles. The summed E-state index contributed by atoms with van der Waals surface area (Å²) in [5.74, 6) is 0.113. The Morgan fingerprint density at radius 2 is 1.50 bits per heavy atom. The van der Waals surface area contributed by atoms with E-state index in [0.717, 1.165) is 23.1 Å². The van der Waals surface area contributed by atoms with Gasteiger partial charge in [-0.25, -0.2) is 4.79 Å². The monoisotopic (exact) mass is 282 g/mol. The molecule has 0 fully saturated rings. The highest BCUT2D eigenvalue weighted by Gasteiger charge is 2.25. The fourth-order valence-electron chi connectivity index (χ4n) is 2.50. The Morgan fingerprint density at radius 1 is 0.950 bits per heavy atom. The molecule has 1 aromatic carbocycles. The molecule has 0 atom stereocenters. The predicted molar refractivity (Wildman–Crippen MR) is 76.1 cm³/mol. The third kappa shape index (κ3) is 2.98. The fraction of sp³-hybridized carbons (Fsp3) is 0.533. The van der Waals surface area contributed by atoms with Gasteiger partial charge in [0.15, 0.2) is 11.5 Å². The molecule has 1 aromatic rings. The summed E-state index contributed by atoms with van der Waals surface area (Å²) in [5, 5.41) is 19.2. The SMILES string of the molecule is CCOc1c(CC)c(CC)c(CC)c(O)c1OC(=O)O. The number of hydrogen-bond acceptors (Lipinski definition) is 4. The van der Waals surface area contributed by atoms with Crippen LogP contribution in [0.1, 0.15) is 44.4 Å². The molecule has 0 radical (unpaired) electrons. The van der Waals surface area contributed by atoms with Crippen LogP contribution in [0.5, 0.6) is 17.2 Å². The van der Waals surface area contributed by atoms with Gasteiger partial charge in [0, 0.05) is 11.1 Å². The van der Waals surface area contributed by atoms with E-state index in [2.05, 4.69) is 0 Å². The molecule has 112 valence electrons. The fourth-order valence-corrected chi connectivity index (χ4v) is 2.50. The first-order valence-electron chi connectivity index (χ1n) is 6.94. The van der Waals surface area contributed by atoms with Crippen LogP contribution in [0.25, 0.3) is 0 Å². The number of carbonyl (C=O) groups is 1. The molecule has 0 saturated carbocycles. The summed E-state index contributed by atoms with van der Waals surface area (Å²) < 4.78 is 10.3. The number of rotatable bonds is 6. The first-order chi connectivity index (χ1) is 9.51. The molecule has 0 bridgehead atoms. The second kappa shape index (κ2) is 7.03. The number of phenolic OH excluding ortho intramolecular Hbond substituents is 1. The summed E-state index contributed by atoms with van der Waals surface area (Å²) in [4.78, 5) is 10.8. The van der Waals surface area contributed by atoms with Crippen LogP contribution in [-0.4, -0.2) is 23.0 Å². The summed E-state index contributed by atoms with van der Waals surface area (Å²) in [6, 6.07) is 0. The Hall–Kier alpha value is -1.91. The lowest BCUT2D eigenvalue weighted by molar-refractivity contribution is 0.140. The van der Waals surface area contributed by atoms with Gasteiger partial charge in [-0.1, -0.05) is 20.8 Å². The Morgan fingerprint density at radius 3 is 1.90 bits per heavy atom. The van der Waals surface area contributed by atoms with Gasteiger partial charge in [0.2, 0.25) is 5.75 Å². The van der Waals surface area contributed by atoms with Gasteiger partial charge in [-0.3, -0.25) is 0 Å². The number of hydrogen-bond donors (Lipinski definition) is 2. The number of ether oxygens (including phenoxy) is 2. The van der Waals surface area contributed by atoms with Crippen molar-refractivity contribution < 1.29 is 24.5 Å². The van der Waals surface area contributed by atoms with Crippen molar-refractivity contribution in [1.29, 1.82) is 0 Å². The van der Waals surface area contributed by atoms with Crippen molar-refractivity contribution in [3.8, 4) is 17.2 Å². The van der Waals surface area contributed by atoms with Gasteiger partial charge in [0.25, 0.3) is 0 Å². The minimum Gasteiger partial charge on any atom is -0.504 e. The standard InChI is InChI=1S/C15H22O5/c1-5-9-10(6-2)12(16)14(20-15(17)18)13(19-8-4)11(9)7-3/h16H,5-8H2,1-4H3,(H,17,18). The molecule has 0 spiro atoms. The van der Waals surface area contributed by atoms with Crippen LogP contribution in [0.3, 0.4) is 0 Å².